The Bertz CT molecular complexity index is 1200. The Labute approximate surface area is 184 Å². The lowest BCUT2D eigenvalue weighted by atomic mass is 10.0. The van der Waals surface area contributed by atoms with Gasteiger partial charge in [-0.05, 0) is 36.8 Å². The summed E-state index contributed by atoms with van der Waals surface area (Å²) < 4.78 is 1.55. The molecule has 2 aromatic carbocycles. The summed E-state index contributed by atoms with van der Waals surface area (Å²) in [7, 11) is 0. The van der Waals surface area contributed by atoms with E-state index in [2.05, 4.69) is 23.0 Å². The van der Waals surface area contributed by atoms with Crippen LogP contribution in [0.15, 0.2) is 42.5 Å². The van der Waals surface area contributed by atoms with E-state index in [0.717, 1.165) is 11.1 Å². The highest BCUT2D eigenvalue weighted by Gasteiger charge is 2.24. The molecule has 0 spiro atoms. The molecule has 5 nitrogen and oxygen atoms in total. The molecule has 1 aromatic heterocycles. The predicted octanol–water partition coefficient (Wildman–Crippen LogP) is 5.76. The number of nitriles is 1. The summed E-state index contributed by atoms with van der Waals surface area (Å²) in [5.74, 6) is 4.87. The number of aromatic carboxylic acids is 1. The zero-order valence-corrected chi connectivity index (χ0v) is 17.6. The van der Waals surface area contributed by atoms with Gasteiger partial charge in [0.2, 0.25) is 0 Å². The fraction of sp³-hybridized carbons (Fsp3) is 0.174. The number of hydrogen-bond acceptors (Lipinski definition) is 3. The molecule has 30 heavy (non-hydrogen) atoms. The third kappa shape index (κ3) is 4.49. The molecular formula is C23H17Cl2N3O2. The van der Waals surface area contributed by atoms with Crippen molar-refractivity contribution < 1.29 is 9.90 Å². The summed E-state index contributed by atoms with van der Waals surface area (Å²) in [6.45, 7) is 1.88. The van der Waals surface area contributed by atoms with Crippen molar-refractivity contribution in [3.05, 3.63) is 69.3 Å². The van der Waals surface area contributed by atoms with E-state index in [-0.39, 0.29) is 5.69 Å². The van der Waals surface area contributed by atoms with E-state index < -0.39 is 5.97 Å². The van der Waals surface area contributed by atoms with Crippen LogP contribution in [0.5, 0.6) is 0 Å². The van der Waals surface area contributed by atoms with Gasteiger partial charge in [-0.15, -0.1) is 0 Å². The number of nitrogens with zero attached hydrogens (tertiary/aromatic N) is 3. The maximum atomic E-state index is 11.8. The van der Waals surface area contributed by atoms with Crippen molar-refractivity contribution in [1.82, 2.24) is 9.78 Å². The first-order chi connectivity index (χ1) is 14.5. The number of aromatic nitrogens is 2. The average molecular weight is 438 g/mol. The summed E-state index contributed by atoms with van der Waals surface area (Å²) >= 11 is 12.4. The van der Waals surface area contributed by atoms with E-state index in [1.54, 1.807) is 22.9 Å². The molecule has 0 aliphatic carbocycles. The summed E-state index contributed by atoms with van der Waals surface area (Å²) in [6.07, 6.45) is 1.39. The molecule has 1 N–H and O–H groups in total. The summed E-state index contributed by atoms with van der Waals surface area (Å²) in [6, 6.07) is 14.5. The molecule has 3 aromatic rings. The van der Waals surface area contributed by atoms with Crippen LogP contribution in [0, 0.1) is 23.2 Å². The smallest absolute Gasteiger partial charge is 0.356 e. The van der Waals surface area contributed by atoms with Crippen LogP contribution >= 0.6 is 23.2 Å². The van der Waals surface area contributed by atoms with E-state index in [0.29, 0.717) is 46.3 Å². The molecule has 1 heterocycles. The average Bonchev–Trinajstić information content (AvgIpc) is 3.11. The van der Waals surface area contributed by atoms with E-state index in [9.17, 15) is 9.90 Å². The normalized spacial score (nSPS) is 10.2. The number of unbranched alkanes of at least 4 members (excludes halogenated alkanes) is 1. The van der Waals surface area contributed by atoms with Gasteiger partial charge in [0.05, 0.1) is 22.5 Å². The first-order valence-electron chi connectivity index (χ1n) is 9.23. The lowest BCUT2D eigenvalue weighted by Gasteiger charge is -2.11. The SMILES string of the molecule is CCc1c(C(=O)O)nn(-c2ccc(Cl)cc2Cl)c1-c1ccc(C#CCCC#N)cc1. The molecule has 3 rings (SSSR count). The van der Waals surface area contributed by atoms with E-state index in [1.165, 1.54) is 0 Å². The molecule has 0 saturated carbocycles. The standard InChI is InChI=1S/C23H17Cl2N3O2/c1-2-18-21(23(29)30)27-28(20-12-11-17(24)14-19(20)25)22(18)16-9-7-15(8-10-16)6-4-3-5-13-26/h7-12,14H,2-3,5H2,1H3,(H,29,30). The molecule has 0 saturated heterocycles. The minimum Gasteiger partial charge on any atom is -0.476 e. The van der Waals surface area contributed by atoms with Gasteiger partial charge in [0.25, 0.3) is 0 Å². The highest BCUT2D eigenvalue weighted by Crippen LogP contribution is 2.33. The Morgan fingerprint density at radius 1 is 1.17 bits per heavy atom. The van der Waals surface area contributed by atoms with Crippen molar-refractivity contribution in [2.24, 2.45) is 0 Å². The highest BCUT2D eigenvalue weighted by atomic mass is 35.5. The van der Waals surface area contributed by atoms with Crippen LogP contribution in [0.2, 0.25) is 10.0 Å². The van der Waals surface area contributed by atoms with Crippen LogP contribution in [0.3, 0.4) is 0 Å². The molecule has 7 heteroatoms. The van der Waals surface area contributed by atoms with Crippen molar-refractivity contribution in [1.29, 1.82) is 5.26 Å². The van der Waals surface area contributed by atoms with Gasteiger partial charge in [-0.2, -0.15) is 10.4 Å². The quantitative estimate of drug-likeness (QED) is 0.406. The van der Waals surface area contributed by atoms with Crippen molar-refractivity contribution in [2.45, 2.75) is 26.2 Å². The first kappa shape index (κ1) is 21.5. The Balaban J connectivity index is 2.14. The third-order valence-electron chi connectivity index (χ3n) is 4.43. The van der Waals surface area contributed by atoms with Crippen LogP contribution in [0.4, 0.5) is 0 Å². The predicted molar refractivity (Wildman–Crippen MR) is 117 cm³/mol. The Kier molecular flexibility index (Phi) is 6.79. The summed E-state index contributed by atoms with van der Waals surface area (Å²) in [4.78, 5) is 11.8. The van der Waals surface area contributed by atoms with Crippen LogP contribution < -0.4 is 0 Å². The zero-order valence-electron chi connectivity index (χ0n) is 16.1. The van der Waals surface area contributed by atoms with Crippen LogP contribution in [0.1, 0.15) is 41.4 Å². The van der Waals surface area contributed by atoms with Crippen LogP contribution in [-0.4, -0.2) is 20.9 Å². The maximum absolute atomic E-state index is 11.8. The molecule has 0 unspecified atom stereocenters. The van der Waals surface area contributed by atoms with Gasteiger partial charge < -0.3 is 5.11 Å². The van der Waals surface area contributed by atoms with E-state index in [4.69, 9.17) is 28.5 Å². The Morgan fingerprint density at radius 3 is 2.50 bits per heavy atom. The van der Waals surface area contributed by atoms with Gasteiger partial charge in [-0.1, -0.05) is 54.1 Å². The number of carboxylic acids is 1. The molecule has 0 amide bonds. The number of halogens is 2. The van der Waals surface area contributed by atoms with Crippen LogP contribution in [-0.2, 0) is 6.42 Å². The second-order valence-electron chi connectivity index (χ2n) is 6.38. The largest absolute Gasteiger partial charge is 0.476 e. The van der Waals surface area contributed by atoms with Crippen molar-refractivity contribution in [2.75, 3.05) is 0 Å². The number of hydrogen-bond donors (Lipinski definition) is 1. The van der Waals surface area contributed by atoms with Crippen molar-refractivity contribution >= 4 is 29.2 Å². The molecule has 150 valence electrons. The van der Waals surface area contributed by atoms with Gasteiger partial charge in [0.1, 0.15) is 0 Å². The monoisotopic (exact) mass is 437 g/mol. The van der Waals surface area contributed by atoms with Gasteiger partial charge >= 0.3 is 5.97 Å². The minimum absolute atomic E-state index is 0.0149. The Morgan fingerprint density at radius 2 is 1.90 bits per heavy atom. The fourth-order valence-corrected chi connectivity index (χ4v) is 3.56. The molecule has 0 radical (unpaired) electrons. The van der Waals surface area contributed by atoms with E-state index in [1.807, 2.05) is 31.2 Å². The van der Waals surface area contributed by atoms with Crippen LogP contribution in [0.25, 0.3) is 16.9 Å². The first-order valence-corrected chi connectivity index (χ1v) is 9.98. The second kappa shape index (κ2) is 9.50. The zero-order chi connectivity index (χ0) is 21.7. The van der Waals surface area contributed by atoms with Gasteiger partial charge in [0, 0.05) is 34.6 Å². The topological polar surface area (TPSA) is 78.9 Å². The lowest BCUT2D eigenvalue weighted by molar-refractivity contribution is 0.0689. The van der Waals surface area contributed by atoms with Crippen molar-refractivity contribution in [3.8, 4) is 34.9 Å². The second-order valence-corrected chi connectivity index (χ2v) is 7.22. The number of rotatable bonds is 5. The van der Waals surface area contributed by atoms with Gasteiger partial charge in [0.15, 0.2) is 5.69 Å². The van der Waals surface area contributed by atoms with Crippen molar-refractivity contribution in [3.63, 3.8) is 0 Å². The minimum atomic E-state index is -1.10. The molecule has 0 bridgehead atoms. The molecule has 0 atom stereocenters. The van der Waals surface area contributed by atoms with Gasteiger partial charge in [-0.3, -0.25) is 0 Å². The number of carboxylic acid groups (broad SMARTS) is 1. The summed E-state index contributed by atoms with van der Waals surface area (Å²) in [5, 5.41) is 23.4. The highest BCUT2D eigenvalue weighted by molar-refractivity contribution is 6.35. The molecule has 0 aliphatic rings. The Hall–Kier alpha value is -3.25. The molecular weight excluding hydrogens is 421 g/mol. The lowest BCUT2D eigenvalue weighted by Crippen LogP contribution is -2.03. The number of benzene rings is 2. The van der Waals surface area contributed by atoms with Gasteiger partial charge in [-0.25, -0.2) is 9.48 Å². The fourth-order valence-electron chi connectivity index (χ4n) is 3.08. The van der Waals surface area contributed by atoms with E-state index >= 15 is 0 Å². The third-order valence-corrected chi connectivity index (χ3v) is 4.97. The maximum Gasteiger partial charge on any atom is 0.356 e. The summed E-state index contributed by atoms with van der Waals surface area (Å²) in [5.41, 5.74) is 3.39. The molecule has 0 fully saturated rings. The molecule has 0 aliphatic heterocycles. The number of carbonyl (C=O) groups is 1.